The molecule has 1 unspecified atom stereocenters. The number of benzene rings is 1. The molecule has 7 nitrogen and oxygen atoms in total. The van der Waals surface area contributed by atoms with Crippen LogP contribution in [0.4, 0.5) is 11.4 Å². The third kappa shape index (κ3) is 5.16. The van der Waals surface area contributed by atoms with E-state index in [0.717, 1.165) is 25.9 Å². The van der Waals surface area contributed by atoms with Crippen molar-refractivity contribution in [3.05, 3.63) is 33.9 Å². The number of hydrogen-bond acceptors (Lipinski definition) is 5. The Balaban J connectivity index is 0.00000264. The molecule has 1 aliphatic rings. The molecule has 1 amide bonds. The maximum atomic E-state index is 12.2. The van der Waals surface area contributed by atoms with Gasteiger partial charge in [-0.15, -0.1) is 12.4 Å². The second kappa shape index (κ2) is 8.81. The first-order chi connectivity index (χ1) is 10.5. The number of likely N-dealkylation sites (tertiary alicyclic amines) is 1. The van der Waals surface area contributed by atoms with Gasteiger partial charge in [-0.05, 0) is 38.9 Å². The fourth-order valence-corrected chi connectivity index (χ4v) is 2.78. The maximum Gasteiger partial charge on any atom is 0.293 e. The molecule has 128 valence electrons. The zero-order valence-corrected chi connectivity index (χ0v) is 14.2. The van der Waals surface area contributed by atoms with Gasteiger partial charge in [-0.3, -0.25) is 19.8 Å². The molecule has 1 aromatic rings. The minimum absolute atomic E-state index is 0. The van der Waals surface area contributed by atoms with Crippen LogP contribution in [0.1, 0.15) is 18.4 Å². The second-order valence-corrected chi connectivity index (χ2v) is 5.64. The molecule has 0 saturated carbocycles. The molecule has 0 aromatic heterocycles. The van der Waals surface area contributed by atoms with Crippen molar-refractivity contribution in [2.75, 3.05) is 32.0 Å². The summed E-state index contributed by atoms with van der Waals surface area (Å²) in [4.78, 5) is 24.9. The molecular weight excluding hydrogens is 320 g/mol. The van der Waals surface area contributed by atoms with Crippen LogP contribution in [0.2, 0.25) is 0 Å². The third-order valence-corrected chi connectivity index (χ3v) is 3.99. The number of para-hydroxylation sites is 1. The van der Waals surface area contributed by atoms with Crippen LogP contribution in [-0.2, 0) is 4.79 Å². The number of aryl methyl sites for hydroxylation is 1. The van der Waals surface area contributed by atoms with E-state index in [1.54, 1.807) is 19.1 Å². The maximum absolute atomic E-state index is 12.2. The molecule has 2 rings (SSSR count). The van der Waals surface area contributed by atoms with E-state index >= 15 is 0 Å². The molecule has 0 aliphatic carbocycles. The number of amides is 1. The first kappa shape index (κ1) is 19.3. The number of anilines is 1. The summed E-state index contributed by atoms with van der Waals surface area (Å²) >= 11 is 0. The molecule has 1 fully saturated rings. The van der Waals surface area contributed by atoms with Crippen LogP contribution in [0.15, 0.2) is 18.2 Å². The summed E-state index contributed by atoms with van der Waals surface area (Å²) in [5, 5.41) is 17.0. The Labute approximate surface area is 142 Å². The molecule has 1 saturated heterocycles. The van der Waals surface area contributed by atoms with Crippen molar-refractivity contribution in [1.82, 2.24) is 10.2 Å². The van der Waals surface area contributed by atoms with Crippen LogP contribution in [0.3, 0.4) is 0 Å². The molecule has 0 radical (unpaired) electrons. The smallest absolute Gasteiger partial charge is 0.293 e. The van der Waals surface area contributed by atoms with Crippen LogP contribution >= 0.6 is 12.4 Å². The first-order valence-corrected chi connectivity index (χ1v) is 7.44. The Morgan fingerprint density at radius 2 is 2.22 bits per heavy atom. The molecule has 2 N–H and O–H groups in total. The largest absolute Gasteiger partial charge is 0.319 e. The molecule has 0 spiro atoms. The minimum Gasteiger partial charge on any atom is -0.319 e. The highest BCUT2D eigenvalue weighted by atomic mass is 35.5. The van der Waals surface area contributed by atoms with Gasteiger partial charge in [0.05, 0.1) is 11.5 Å². The van der Waals surface area contributed by atoms with E-state index in [1.807, 2.05) is 7.05 Å². The molecular formula is C15H23ClN4O3. The summed E-state index contributed by atoms with van der Waals surface area (Å²) in [6.07, 6.45) is 2.15. The average Bonchev–Trinajstić information content (AvgIpc) is 2.49. The summed E-state index contributed by atoms with van der Waals surface area (Å²) < 4.78 is 0. The van der Waals surface area contributed by atoms with Crippen molar-refractivity contribution in [3.63, 3.8) is 0 Å². The fraction of sp³-hybridized carbons (Fsp3) is 0.533. The van der Waals surface area contributed by atoms with E-state index in [0.29, 0.717) is 17.3 Å². The molecule has 1 aliphatic heterocycles. The zero-order chi connectivity index (χ0) is 16.1. The Hall–Kier alpha value is -1.70. The van der Waals surface area contributed by atoms with E-state index in [4.69, 9.17) is 0 Å². The number of rotatable bonds is 5. The van der Waals surface area contributed by atoms with Crippen molar-refractivity contribution < 1.29 is 9.72 Å². The lowest BCUT2D eigenvalue weighted by atomic mass is 10.1. The summed E-state index contributed by atoms with van der Waals surface area (Å²) in [6, 6.07) is 5.17. The molecule has 1 heterocycles. The standard InChI is InChI=1S/C15H22N4O3.ClH/c1-11-5-3-7-13(19(21)22)15(11)17-14(20)10-18-8-4-6-12(9-18)16-2;/h3,5,7,12,16H,4,6,8-10H2,1-2H3,(H,17,20);1H. The predicted molar refractivity (Wildman–Crippen MR) is 92.2 cm³/mol. The number of halogens is 1. The summed E-state index contributed by atoms with van der Waals surface area (Å²) in [5.41, 5.74) is 0.911. The lowest BCUT2D eigenvalue weighted by Gasteiger charge is -2.31. The van der Waals surface area contributed by atoms with E-state index in [2.05, 4.69) is 15.5 Å². The number of hydrogen-bond donors (Lipinski definition) is 2. The number of nitro groups is 1. The first-order valence-electron chi connectivity index (χ1n) is 7.44. The Morgan fingerprint density at radius 3 is 2.87 bits per heavy atom. The van der Waals surface area contributed by atoms with Gasteiger partial charge in [0.15, 0.2) is 0 Å². The fourth-order valence-electron chi connectivity index (χ4n) is 2.78. The van der Waals surface area contributed by atoms with Crippen molar-refractivity contribution in [1.29, 1.82) is 0 Å². The van der Waals surface area contributed by atoms with Gasteiger partial charge in [-0.2, -0.15) is 0 Å². The van der Waals surface area contributed by atoms with Crippen LogP contribution in [0.5, 0.6) is 0 Å². The number of piperidine rings is 1. The lowest BCUT2D eigenvalue weighted by molar-refractivity contribution is -0.384. The van der Waals surface area contributed by atoms with Crippen molar-refractivity contribution in [2.45, 2.75) is 25.8 Å². The summed E-state index contributed by atoms with van der Waals surface area (Å²) in [6.45, 7) is 3.70. The predicted octanol–water partition coefficient (Wildman–Crippen LogP) is 1.95. The number of nitrogens with zero attached hydrogens (tertiary/aromatic N) is 2. The van der Waals surface area contributed by atoms with Gasteiger partial charge in [0.2, 0.25) is 5.91 Å². The molecule has 0 bridgehead atoms. The number of carbonyl (C=O) groups excluding carboxylic acids is 1. The van der Waals surface area contributed by atoms with Crippen LogP contribution in [-0.4, -0.2) is 48.5 Å². The quantitative estimate of drug-likeness (QED) is 0.630. The number of nitro benzene ring substituents is 1. The zero-order valence-electron chi connectivity index (χ0n) is 13.4. The highest BCUT2D eigenvalue weighted by Crippen LogP contribution is 2.27. The molecule has 1 atom stereocenters. The summed E-state index contributed by atoms with van der Waals surface area (Å²) in [5.74, 6) is -0.214. The van der Waals surface area contributed by atoms with Gasteiger partial charge in [-0.25, -0.2) is 0 Å². The molecule has 1 aromatic carbocycles. The van der Waals surface area contributed by atoms with Crippen LogP contribution in [0.25, 0.3) is 0 Å². The van der Waals surface area contributed by atoms with E-state index in [9.17, 15) is 14.9 Å². The molecule has 23 heavy (non-hydrogen) atoms. The topological polar surface area (TPSA) is 87.5 Å². The Kier molecular flexibility index (Phi) is 7.41. The summed E-state index contributed by atoms with van der Waals surface area (Å²) in [7, 11) is 1.92. The average molecular weight is 343 g/mol. The number of likely N-dealkylation sites (N-methyl/N-ethyl adjacent to an activating group) is 1. The Morgan fingerprint density at radius 1 is 1.48 bits per heavy atom. The van der Waals surface area contributed by atoms with Crippen LogP contribution in [0, 0.1) is 17.0 Å². The highest BCUT2D eigenvalue weighted by molar-refractivity contribution is 5.95. The van der Waals surface area contributed by atoms with Gasteiger partial charge < -0.3 is 10.6 Å². The minimum atomic E-state index is -0.472. The Bertz CT molecular complexity index is 568. The van der Waals surface area contributed by atoms with Crippen LogP contribution < -0.4 is 10.6 Å². The van der Waals surface area contributed by atoms with Gasteiger partial charge in [0.25, 0.3) is 5.69 Å². The van der Waals surface area contributed by atoms with Gasteiger partial charge >= 0.3 is 0 Å². The van der Waals surface area contributed by atoms with E-state index in [-0.39, 0.29) is 30.5 Å². The SMILES string of the molecule is CNC1CCCN(CC(=O)Nc2c(C)cccc2[N+](=O)[O-])C1.Cl. The van der Waals surface area contributed by atoms with Crippen molar-refractivity contribution in [2.24, 2.45) is 0 Å². The van der Waals surface area contributed by atoms with Gasteiger partial charge in [0.1, 0.15) is 5.69 Å². The van der Waals surface area contributed by atoms with Crippen molar-refractivity contribution in [3.8, 4) is 0 Å². The number of nitrogens with one attached hydrogen (secondary N) is 2. The highest BCUT2D eigenvalue weighted by Gasteiger charge is 2.22. The number of carbonyl (C=O) groups is 1. The molecule has 8 heteroatoms. The normalized spacial score (nSPS) is 18.1. The van der Waals surface area contributed by atoms with E-state index in [1.165, 1.54) is 6.07 Å². The third-order valence-electron chi connectivity index (χ3n) is 3.99. The van der Waals surface area contributed by atoms with Crippen molar-refractivity contribution >= 4 is 29.7 Å². The lowest BCUT2D eigenvalue weighted by Crippen LogP contribution is -2.46. The van der Waals surface area contributed by atoms with Gasteiger partial charge in [0, 0.05) is 18.7 Å². The van der Waals surface area contributed by atoms with Gasteiger partial charge in [-0.1, -0.05) is 12.1 Å². The monoisotopic (exact) mass is 342 g/mol. The second-order valence-electron chi connectivity index (χ2n) is 5.64. The van der Waals surface area contributed by atoms with E-state index < -0.39 is 4.92 Å².